The number of ether oxygens (including phenoxy) is 4. The summed E-state index contributed by atoms with van der Waals surface area (Å²) >= 11 is 3.39. The van der Waals surface area contributed by atoms with Gasteiger partial charge in [0.1, 0.15) is 11.5 Å². The van der Waals surface area contributed by atoms with Crippen LogP contribution < -0.4 is 14.8 Å². The van der Waals surface area contributed by atoms with E-state index in [1.807, 2.05) is 6.07 Å². The summed E-state index contributed by atoms with van der Waals surface area (Å²) < 4.78 is 21.1. The Morgan fingerprint density at radius 2 is 1.83 bits per heavy atom. The quantitative estimate of drug-likeness (QED) is 0.530. The first-order valence-corrected chi connectivity index (χ1v) is 8.24. The van der Waals surface area contributed by atoms with Gasteiger partial charge in [0, 0.05) is 19.9 Å². The second-order valence-electron chi connectivity index (χ2n) is 4.79. The van der Waals surface area contributed by atoms with Crippen molar-refractivity contribution in [3.05, 3.63) is 22.2 Å². The summed E-state index contributed by atoms with van der Waals surface area (Å²) in [5.74, 6) is 0.929. The monoisotopic (exact) mass is 403 g/mol. The molecule has 1 atom stereocenters. The highest BCUT2D eigenvalue weighted by atomic mass is 79.9. The van der Waals surface area contributed by atoms with E-state index in [0.717, 1.165) is 10.0 Å². The van der Waals surface area contributed by atoms with Gasteiger partial charge < -0.3 is 24.3 Å². The molecular formula is C16H22BrNO6. The number of halogens is 1. The normalized spacial score (nSPS) is 11.4. The van der Waals surface area contributed by atoms with E-state index in [0.29, 0.717) is 24.5 Å². The average Bonchev–Trinajstić information content (AvgIpc) is 2.55. The van der Waals surface area contributed by atoms with Crippen LogP contribution in [-0.2, 0) is 20.7 Å². The van der Waals surface area contributed by atoms with Crippen LogP contribution in [0.3, 0.4) is 0 Å². The molecule has 1 unspecified atom stereocenters. The topological polar surface area (TPSA) is 83.1 Å². The summed E-state index contributed by atoms with van der Waals surface area (Å²) in [6.07, 6.45) is -0.847. The molecule has 0 aliphatic carbocycles. The van der Waals surface area contributed by atoms with E-state index in [1.165, 1.54) is 6.92 Å². The Morgan fingerprint density at radius 3 is 2.42 bits per heavy atom. The molecular weight excluding hydrogens is 382 g/mol. The zero-order valence-corrected chi connectivity index (χ0v) is 15.8. The van der Waals surface area contributed by atoms with Crippen molar-refractivity contribution in [1.82, 2.24) is 5.32 Å². The Bertz CT molecular complexity index is 578. The predicted octanol–water partition coefficient (Wildman–Crippen LogP) is 3.03. The molecule has 0 spiro atoms. The van der Waals surface area contributed by atoms with E-state index in [1.54, 1.807) is 27.2 Å². The maximum absolute atomic E-state index is 11.7. The lowest BCUT2D eigenvalue weighted by molar-refractivity contribution is -0.164. The minimum atomic E-state index is -0.931. The molecule has 0 aromatic heterocycles. The highest BCUT2D eigenvalue weighted by Crippen LogP contribution is 2.32. The molecule has 0 fully saturated rings. The number of rotatable bonds is 8. The Kier molecular flexibility index (Phi) is 8.39. The maximum Gasteiger partial charge on any atom is 0.410 e. The number of esters is 1. The van der Waals surface area contributed by atoms with Crippen molar-refractivity contribution in [3.63, 3.8) is 0 Å². The predicted molar refractivity (Wildman–Crippen MR) is 91.3 cm³/mol. The Balaban J connectivity index is 2.52. The highest BCUT2D eigenvalue weighted by molar-refractivity contribution is 9.10. The molecule has 1 aromatic rings. The second-order valence-corrected chi connectivity index (χ2v) is 5.65. The standard InChI is InChI=1S/C16H22BrNO6/c1-5-15(19)23-10(2)24-16(20)18-7-6-11-8-14(22-4)12(17)9-13(11)21-3/h8-10H,5-7H2,1-4H3,(H,18,20). The van der Waals surface area contributed by atoms with Crippen LogP contribution in [-0.4, -0.2) is 39.1 Å². The maximum atomic E-state index is 11.7. The summed E-state index contributed by atoms with van der Waals surface area (Å²) in [4.78, 5) is 22.8. The molecule has 0 aliphatic rings. The fourth-order valence-electron chi connectivity index (χ4n) is 1.90. The number of carbonyl (C=O) groups is 2. The number of carbonyl (C=O) groups excluding carboxylic acids is 2. The number of hydrogen-bond acceptors (Lipinski definition) is 6. The van der Waals surface area contributed by atoms with Gasteiger partial charge in [0.2, 0.25) is 6.29 Å². The molecule has 1 amide bonds. The summed E-state index contributed by atoms with van der Waals surface area (Å²) in [5.41, 5.74) is 0.878. The fraction of sp³-hybridized carbons (Fsp3) is 0.500. The largest absolute Gasteiger partial charge is 0.496 e. The van der Waals surface area contributed by atoms with Gasteiger partial charge in [0.25, 0.3) is 0 Å². The van der Waals surface area contributed by atoms with Crippen molar-refractivity contribution in [3.8, 4) is 11.5 Å². The minimum Gasteiger partial charge on any atom is -0.496 e. The molecule has 24 heavy (non-hydrogen) atoms. The molecule has 0 bridgehead atoms. The SMILES string of the molecule is CCC(=O)OC(C)OC(=O)NCCc1cc(OC)c(Br)cc1OC. The van der Waals surface area contributed by atoms with Gasteiger partial charge >= 0.3 is 12.1 Å². The summed E-state index contributed by atoms with van der Waals surface area (Å²) in [7, 11) is 3.15. The van der Waals surface area contributed by atoms with Crippen LogP contribution in [0.15, 0.2) is 16.6 Å². The number of alkyl carbamates (subject to hydrolysis) is 1. The van der Waals surface area contributed by atoms with Gasteiger partial charge in [-0.3, -0.25) is 4.79 Å². The lowest BCUT2D eigenvalue weighted by atomic mass is 10.1. The van der Waals surface area contributed by atoms with Gasteiger partial charge in [-0.2, -0.15) is 0 Å². The van der Waals surface area contributed by atoms with Crippen LogP contribution in [0.1, 0.15) is 25.8 Å². The lowest BCUT2D eigenvalue weighted by Crippen LogP contribution is -2.31. The van der Waals surface area contributed by atoms with Crippen LogP contribution in [0.4, 0.5) is 4.79 Å². The highest BCUT2D eigenvalue weighted by Gasteiger charge is 2.14. The zero-order chi connectivity index (χ0) is 18.1. The molecule has 7 nitrogen and oxygen atoms in total. The van der Waals surface area contributed by atoms with Crippen molar-refractivity contribution < 1.29 is 28.5 Å². The van der Waals surface area contributed by atoms with Crippen LogP contribution in [0.5, 0.6) is 11.5 Å². The van der Waals surface area contributed by atoms with Crippen LogP contribution >= 0.6 is 15.9 Å². The summed E-state index contributed by atoms with van der Waals surface area (Å²) in [6, 6.07) is 3.64. The van der Waals surface area contributed by atoms with Gasteiger partial charge in [-0.15, -0.1) is 0 Å². The van der Waals surface area contributed by atoms with E-state index in [9.17, 15) is 9.59 Å². The van der Waals surface area contributed by atoms with Gasteiger partial charge in [0.15, 0.2) is 0 Å². The molecule has 0 aliphatic heterocycles. The smallest absolute Gasteiger partial charge is 0.410 e. The first kappa shape index (κ1) is 20.1. The van der Waals surface area contributed by atoms with Gasteiger partial charge in [0.05, 0.1) is 18.7 Å². The summed E-state index contributed by atoms with van der Waals surface area (Å²) in [6.45, 7) is 3.47. The van der Waals surface area contributed by atoms with E-state index in [-0.39, 0.29) is 6.42 Å². The number of methoxy groups -OCH3 is 2. The first-order valence-electron chi connectivity index (χ1n) is 7.45. The molecule has 8 heteroatoms. The van der Waals surface area contributed by atoms with E-state index in [2.05, 4.69) is 21.2 Å². The third-order valence-electron chi connectivity index (χ3n) is 3.08. The third kappa shape index (κ3) is 6.27. The van der Waals surface area contributed by atoms with E-state index < -0.39 is 18.4 Å². The van der Waals surface area contributed by atoms with Gasteiger partial charge in [-0.1, -0.05) is 6.92 Å². The number of nitrogens with one attached hydrogen (secondary N) is 1. The number of benzene rings is 1. The average molecular weight is 404 g/mol. The van der Waals surface area contributed by atoms with E-state index >= 15 is 0 Å². The van der Waals surface area contributed by atoms with Crippen molar-refractivity contribution in [2.24, 2.45) is 0 Å². The molecule has 134 valence electrons. The third-order valence-corrected chi connectivity index (χ3v) is 3.70. The molecule has 1 aromatic carbocycles. The Hall–Kier alpha value is -1.96. The van der Waals surface area contributed by atoms with Gasteiger partial charge in [-0.25, -0.2) is 4.79 Å². The van der Waals surface area contributed by atoms with Crippen molar-refractivity contribution in [2.75, 3.05) is 20.8 Å². The van der Waals surface area contributed by atoms with E-state index in [4.69, 9.17) is 18.9 Å². The molecule has 1 N–H and O–H groups in total. The molecule has 0 saturated carbocycles. The fourth-order valence-corrected chi connectivity index (χ4v) is 2.39. The minimum absolute atomic E-state index is 0.223. The second kappa shape index (κ2) is 10.0. The molecule has 1 rings (SSSR count). The number of hydrogen-bond donors (Lipinski definition) is 1. The Labute approximate surface area is 149 Å². The van der Waals surface area contributed by atoms with Crippen molar-refractivity contribution in [1.29, 1.82) is 0 Å². The van der Waals surface area contributed by atoms with Crippen LogP contribution in [0.25, 0.3) is 0 Å². The Morgan fingerprint density at radius 1 is 1.17 bits per heavy atom. The lowest BCUT2D eigenvalue weighted by Gasteiger charge is -2.15. The molecule has 0 saturated heterocycles. The molecule has 0 heterocycles. The van der Waals surface area contributed by atoms with Crippen molar-refractivity contribution in [2.45, 2.75) is 33.0 Å². The van der Waals surface area contributed by atoms with Crippen LogP contribution in [0, 0.1) is 0 Å². The van der Waals surface area contributed by atoms with Gasteiger partial charge in [-0.05, 0) is 40.0 Å². The summed E-state index contributed by atoms with van der Waals surface area (Å²) in [5, 5.41) is 2.60. The molecule has 0 radical (unpaired) electrons. The van der Waals surface area contributed by atoms with Crippen molar-refractivity contribution >= 4 is 28.0 Å². The van der Waals surface area contributed by atoms with Crippen LogP contribution in [0.2, 0.25) is 0 Å². The zero-order valence-electron chi connectivity index (χ0n) is 14.2. The first-order chi connectivity index (χ1) is 11.4. The number of amides is 1.